The number of rotatable bonds is 4. The number of nitrogens with one attached hydrogen (secondary N) is 3. The molecule has 0 saturated carbocycles. The van der Waals surface area contributed by atoms with E-state index in [-0.39, 0.29) is 0 Å². The lowest BCUT2D eigenvalue weighted by Crippen LogP contribution is -2.39. The van der Waals surface area contributed by atoms with Crippen LogP contribution in [0.25, 0.3) is 5.70 Å². The van der Waals surface area contributed by atoms with E-state index in [9.17, 15) is 0 Å². The summed E-state index contributed by atoms with van der Waals surface area (Å²) in [6, 6.07) is 18.2. The van der Waals surface area contributed by atoms with Crippen LogP contribution in [0, 0.1) is 6.92 Å². The molecule has 0 aliphatic rings. The van der Waals surface area contributed by atoms with E-state index in [1.807, 2.05) is 74.5 Å². The molecule has 2 rings (SSSR count). The van der Waals surface area contributed by atoms with Crippen LogP contribution in [0.2, 0.25) is 0 Å². The van der Waals surface area contributed by atoms with E-state index >= 15 is 0 Å². The van der Waals surface area contributed by atoms with E-state index in [1.54, 1.807) is 0 Å². The van der Waals surface area contributed by atoms with Crippen molar-refractivity contribution in [2.45, 2.75) is 13.8 Å². The highest BCUT2D eigenvalue weighted by molar-refractivity contribution is 7.80. The third kappa shape index (κ3) is 4.61. The lowest BCUT2D eigenvalue weighted by molar-refractivity contribution is 0.847. The maximum atomic E-state index is 5.28. The third-order valence-electron chi connectivity index (χ3n) is 2.96. The van der Waals surface area contributed by atoms with Crippen molar-refractivity contribution in [2.75, 3.05) is 5.32 Å². The first-order valence-corrected chi connectivity index (χ1v) is 7.21. The van der Waals surface area contributed by atoms with E-state index < -0.39 is 0 Å². The van der Waals surface area contributed by atoms with Gasteiger partial charge in [-0.15, -0.1) is 0 Å². The SMILES string of the molecule is C/C=C(\NNC(=S)Nc1cccc(C)c1)c1ccccc1. The maximum Gasteiger partial charge on any atom is 0.189 e. The van der Waals surface area contributed by atoms with Gasteiger partial charge in [-0.05, 0) is 49.3 Å². The zero-order chi connectivity index (χ0) is 15.1. The zero-order valence-corrected chi connectivity index (χ0v) is 13.0. The van der Waals surface area contributed by atoms with Gasteiger partial charge in [-0.3, -0.25) is 10.9 Å². The Morgan fingerprint density at radius 1 is 1.00 bits per heavy atom. The Morgan fingerprint density at radius 3 is 2.43 bits per heavy atom. The van der Waals surface area contributed by atoms with Gasteiger partial charge in [-0.1, -0.05) is 48.5 Å². The highest BCUT2D eigenvalue weighted by Gasteiger charge is 2.01. The first-order chi connectivity index (χ1) is 10.2. The Labute approximate surface area is 131 Å². The van der Waals surface area contributed by atoms with Crippen molar-refractivity contribution < 1.29 is 0 Å². The van der Waals surface area contributed by atoms with Gasteiger partial charge in [0.2, 0.25) is 0 Å². The molecule has 2 aromatic rings. The molecule has 0 fully saturated rings. The third-order valence-corrected chi connectivity index (χ3v) is 3.16. The molecule has 0 aliphatic heterocycles. The van der Waals surface area contributed by atoms with Crippen molar-refractivity contribution in [1.29, 1.82) is 0 Å². The summed E-state index contributed by atoms with van der Waals surface area (Å²) in [4.78, 5) is 0. The normalized spacial score (nSPS) is 10.9. The maximum absolute atomic E-state index is 5.28. The van der Waals surface area contributed by atoms with Crippen LogP contribution in [0.15, 0.2) is 60.7 Å². The van der Waals surface area contributed by atoms with Gasteiger partial charge in [0.25, 0.3) is 0 Å². The summed E-state index contributed by atoms with van der Waals surface area (Å²) in [5, 5.41) is 3.67. The smallest absolute Gasteiger partial charge is 0.189 e. The first-order valence-electron chi connectivity index (χ1n) is 6.80. The average molecular weight is 297 g/mol. The standard InChI is InChI=1S/C17H19N3S/c1-3-16(14-9-5-4-6-10-14)19-20-17(21)18-15-11-7-8-13(2)12-15/h3-12,19H,1-2H3,(H2,18,20,21)/b16-3-. The highest BCUT2D eigenvalue weighted by atomic mass is 32.1. The minimum Gasteiger partial charge on any atom is -0.331 e. The molecule has 0 heterocycles. The van der Waals surface area contributed by atoms with Crippen molar-refractivity contribution in [3.8, 4) is 0 Å². The second-order valence-electron chi connectivity index (χ2n) is 4.64. The molecule has 0 radical (unpaired) electrons. The van der Waals surface area contributed by atoms with E-state index in [4.69, 9.17) is 12.2 Å². The Balaban J connectivity index is 1.92. The van der Waals surface area contributed by atoms with Crippen LogP contribution in [0.5, 0.6) is 0 Å². The Bertz CT molecular complexity index is 635. The summed E-state index contributed by atoms with van der Waals surface area (Å²) < 4.78 is 0. The number of hydrogen-bond donors (Lipinski definition) is 3. The molecule has 3 N–H and O–H groups in total. The van der Waals surface area contributed by atoms with Gasteiger partial charge in [0, 0.05) is 5.69 Å². The fraction of sp³-hybridized carbons (Fsp3) is 0.118. The van der Waals surface area contributed by atoms with E-state index in [2.05, 4.69) is 16.2 Å². The first kappa shape index (κ1) is 15.1. The quantitative estimate of drug-likeness (QED) is 0.592. The molecule has 2 aromatic carbocycles. The summed E-state index contributed by atoms with van der Waals surface area (Å²) in [6.45, 7) is 4.03. The van der Waals surface area contributed by atoms with Crippen LogP contribution in [0.3, 0.4) is 0 Å². The molecule has 4 heteroatoms. The molecule has 3 nitrogen and oxygen atoms in total. The van der Waals surface area contributed by atoms with Crippen molar-refractivity contribution >= 4 is 28.7 Å². The monoisotopic (exact) mass is 297 g/mol. The molecule has 0 unspecified atom stereocenters. The summed E-state index contributed by atoms with van der Waals surface area (Å²) in [6.07, 6.45) is 2.00. The van der Waals surface area contributed by atoms with E-state index in [0.717, 1.165) is 16.9 Å². The Hall–Kier alpha value is -2.33. The Morgan fingerprint density at radius 2 is 1.76 bits per heavy atom. The lowest BCUT2D eigenvalue weighted by atomic mass is 10.1. The van der Waals surface area contributed by atoms with Crippen molar-refractivity contribution in [1.82, 2.24) is 10.9 Å². The molecule has 0 bridgehead atoms. The number of anilines is 1. The van der Waals surface area contributed by atoms with Gasteiger partial charge in [0.15, 0.2) is 5.11 Å². The molecule has 0 aromatic heterocycles. The summed E-state index contributed by atoms with van der Waals surface area (Å²) in [5.74, 6) is 0. The van der Waals surface area contributed by atoms with Crippen molar-refractivity contribution in [2.24, 2.45) is 0 Å². The van der Waals surface area contributed by atoms with Crippen molar-refractivity contribution in [3.05, 3.63) is 71.8 Å². The van der Waals surface area contributed by atoms with Gasteiger partial charge in [-0.2, -0.15) is 0 Å². The van der Waals surface area contributed by atoms with Gasteiger partial charge >= 0.3 is 0 Å². The van der Waals surface area contributed by atoms with Gasteiger partial charge in [0.05, 0.1) is 5.70 Å². The lowest BCUT2D eigenvalue weighted by Gasteiger charge is -2.15. The molecule has 0 spiro atoms. The summed E-state index contributed by atoms with van der Waals surface area (Å²) >= 11 is 5.28. The molecule has 0 saturated heterocycles. The fourth-order valence-corrected chi connectivity index (χ4v) is 2.11. The number of allylic oxidation sites excluding steroid dienone is 1. The number of aryl methyl sites for hydroxylation is 1. The molecule has 108 valence electrons. The fourth-order valence-electron chi connectivity index (χ4n) is 1.94. The van der Waals surface area contributed by atoms with Crippen molar-refractivity contribution in [3.63, 3.8) is 0 Å². The van der Waals surface area contributed by atoms with Gasteiger partial charge in [-0.25, -0.2) is 0 Å². The van der Waals surface area contributed by atoms with E-state index in [0.29, 0.717) is 5.11 Å². The average Bonchev–Trinajstić information content (AvgIpc) is 2.49. The molecular weight excluding hydrogens is 278 g/mol. The predicted octanol–water partition coefficient (Wildman–Crippen LogP) is 3.85. The van der Waals surface area contributed by atoms with Gasteiger partial charge < -0.3 is 5.32 Å². The zero-order valence-electron chi connectivity index (χ0n) is 12.2. The topological polar surface area (TPSA) is 36.1 Å². The molecule has 21 heavy (non-hydrogen) atoms. The van der Waals surface area contributed by atoms with E-state index in [1.165, 1.54) is 5.56 Å². The predicted molar refractivity (Wildman–Crippen MR) is 93.8 cm³/mol. The van der Waals surface area contributed by atoms with Crippen LogP contribution >= 0.6 is 12.2 Å². The highest BCUT2D eigenvalue weighted by Crippen LogP contribution is 2.10. The van der Waals surface area contributed by atoms with Crippen LogP contribution in [0.4, 0.5) is 5.69 Å². The number of hydrogen-bond acceptors (Lipinski definition) is 2. The van der Waals surface area contributed by atoms with Crippen LogP contribution in [0.1, 0.15) is 18.1 Å². The molecule has 0 aliphatic carbocycles. The van der Waals surface area contributed by atoms with Crippen LogP contribution < -0.4 is 16.2 Å². The Kier molecular flexibility index (Phi) is 5.35. The molecular formula is C17H19N3S. The largest absolute Gasteiger partial charge is 0.331 e. The second kappa shape index (κ2) is 7.45. The summed E-state index contributed by atoms with van der Waals surface area (Å²) in [5.41, 5.74) is 10.4. The van der Waals surface area contributed by atoms with Gasteiger partial charge in [0.1, 0.15) is 0 Å². The minimum atomic E-state index is 0.524. The number of benzene rings is 2. The van der Waals surface area contributed by atoms with Crippen LogP contribution in [-0.2, 0) is 0 Å². The second-order valence-corrected chi connectivity index (χ2v) is 5.05. The van der Waals surface area contributed by atoms with Crippen LogP contribution in [-0.4, -0.2) is 5.11 Å². The molecule has 0 atom stereocenters. The minimum absolute atomic E-state index is 0.524. The summed E-state index contributed by atoms with van der Waals surface area (Å²) in [7, 11) is 0. The number of thiocarbonyl (C=S) groups is 1. The molecule has 0 amide bonds. The number of hydrazine groups is 1.